The molecule has 2 unspecified atom stereocenters. The Kier molecular flexibility index (Phi) is 3.72. The molecule has 2 rings (SSSR count). The Labute approximate surface area is 107 Å². The van der Waals surface area contributed by atoms with Crippen molar-refractivity contribution in [1.29, 1.82) is 0 Å². The van der Waals surface area contributed by atoms with E-state index in [9.17, 15) is 0 Å². The highest BCUT2D eigenvalue weighted by molar-refractivity contribution is 6.32. The molecule has 4 nitrogen and oxygen atoms in total. The van der Waals surface area contributed by atoms with Gasteiger partial charge in [-0.15, -0.1) is 0 Å². The highest BCUT2D eigenvalue weighted by Crippen LogP contribution is 2.31. The van der Waals surface area contributed by atoms with Gasteiger partial charge in [0.1, 0.15) is 5.02 Å². The van der Waals surface area contributed by atoms with Gasteiger partial charge in [0.2, 0.25) is 5.95 Å². The van der Waals surface area contributed by atoms with Crippen molar-refractivity contribution in [2.45, 2.75) is 32.7 Å². The van der Waals surface area contributed by atoms with Crippen LogP contribution in [0.1, 0.15) is 26.7 Å². The van der Waals surface area contributed by atoms with Crippen LogP contribution in [0.2, 0.25) is 5.02 Å². The summed E-state index contributed by atoms with van der Waals surface area (Å²) in [6.07, 6.45) is 4.14. The maximum atomic E-state index is 6.21. The zero-order chi connectivity index (χ0) is 12.4. The van der Waals surface area contributed by atoms with Gasteiger partial charge in [0.25, 0.3) is 0 Å². The number of rotatable bonds is 2. The number of piperidine rings is 1. The van der Waals surface area contributed by atoms with E-state index in [0.717, 1.165) is 12.4 Å². The van der Waals surface area contributed by atoms with Crippen LogP contribution in [0, 0.1) is 5.92 Å². The Balaban J connectivity index is 2.31. The molecular weight excluding hydrogens is 236 g/mol. The first-order chi connectivity index (χ1) is 8.13. The number of halogens is 1. The molecule has 94 valence electrons. The SMILES string of the molecule is CNc1ncc(Cl)c(N2CCCC(C)C2C)n1. The van der Waals surface area contributed by atoms with Crippen LogP contribution in [0.15, 0.2) is 6.20 Å². The number of hydrogen-bond donors (Lipinski definition) is 1. The van der Waals surface area contributed by atoms with E-state index in [0.29, 0.717) is 22.9 Å². The number of anilines is 2. The molecule has 0 bridgehead atoms. The lowest BCUT2D eigenvalue weighted by molar-refractivity contribution is 0.361. The van der Waals surface area contributed by atoms with Gasteiger partial charge in [-0.25, -0.2) is 4.98 Å². The van der Waals surface area contributed by atoms with Gasteiger partial charge in [-0.1, -0.05) is 18.5 Å². The van der Waals surface area contributed by atoms with Gasteiger partial charge in [0, 0.05) is 19.6 Å². The van der Waals surface area contributed by atoms with Gasteiger partial charge >= 0.3 is 0 Å². The second kappa shape index (κ2) is 5.08. The quantitative estimate of drug-likeness (QED) is 0.881. The lowest BCUT2D eigenvalue weighted by Gasteiger charge is -2.39. The molecule has 17 heavy (non-hydrogen) atoms. The molecule has 5 heteroatoms. The molecule has 1 aliphatic rings. The largest absolute Gasteiger partial charge is 0.357 e. The Morgan fingerprint density at radius 2 is 2.24 bits per heavy atom. The van der Waals surface area contributed by atoms with Crippen LogP contribution in [0.25, 0.3) is 0 Å². The molecule has 1 aromatic rings. The summed E-state index contributed by atoms with van der Waals surface area (Å²) in [6, 6.07) is 0.473. The van der Waals surface area contributed by atoms with Gasteiger partial charge in [0.05, 0.1) is 6.20 Å². The first kappa shape index (κ1) is 12.4. The standard InChI is InChI=1S/C12H19ClN4/c1-8-5-4-6-17(9(8)2)11-10(13)7-15-12(14-3)16-11/h7-9H,4-6H2,1-3H3,(H,14,15,16). The van der Waals surface area contributed by atoms with E-state index in [1.807, 2.05) is 7.05 Å². The molecule has 2 atom stereocenters. The summed E-state index contributed by atoms with van der Waals surface area (Å²) in [5.41, 5.74) is 0. The maximum Gasteiger partial charge on any atom is 0.224 e. The molecule has 1 N–H and O–H groups in total. The van der Waals surface area contributed by atoms with Crippen LogP contribution in [0.4, 0.5) is 11.8 Å². The van der Waals surface area contributed by atoms with Crippen molar-refractivity contribution in [1.82, 2.24) is 9.97 Å². The van der Waals surface area contributed by atoms with Crippen LogP contribution >= 0.6 is 11.6 Å². The van der Waals surface area contributed by atoms with E-state index in [1.54, 1.807) is 6.20 Å². The molecule has 1 aliphatic heterocycles. The fourth-order valence-corrected chi connectivity index (χ4v) is 2.51. The normalized spacial score (nSPS) is 24.8. The fraction of sp³-hybridized carbons (Fsp3) is 0.667. The molecule has 1 fully saturated rings. The number of hydrogen-bond acceptors (Lipinski definition) is 4. The van der Waals surface area contributed by atoms with E-state index in [1.165, 1.54) is 12.8 Å². The summed E-state index contributed by atoms with van der Waals surface area (Å²) in [7, 11) is 1.81. The zero-order valence-corrected chi connectivity index (χ0v) is 11.3. The molecule has 2 heterocycles. The lowest BCUT2D eigenvalue weighted by atomic mass is 9.92. The van der Waals surface area contributed by atoms with Gasteiger partial charge in [-0.2, -0.15) is 4.98 Å². The molecule has 0 radical (unpaired) electrons. The Bertz CT molecular complexity index is 396. The molecule has 0 aliphatic carbocycles. The number of nitrogens with zero attached hydrogens (tertiary/aromatic N) is 3. The first-order valence-corrected chi connectivity index (χ1v) is 6.48. The molecule has 0 saturated carbocycles. The van der Waals surface area contributed by atoms with Gasteiger partial charge in [0.15, 0.2) is 5.82 Å². The van der Waals surface area contributed by atoms with E-state index in [4.69, 9.17) is 11.6 Å². The summed E-state index contributed by atoms with van der Waals surface area (Å²) in [4.78, 5) is 10.9. The van der Waals surface area contributed by atoms with Crippen LogP contribution in [0.3, 0.4) is 0 Å². The number of aromatic nitrogens is 2. The molecule has 0 amide bonds. The van der Waals surface area contributed by atoms with E-state index >= 15 is 0 Å². The van der Waals surface area contributed by atoms with Crippen molar-refractivity contribution in [3.05, 3.63) is 11.2 Å². The lowest BCUT2D eigenvalue weighted by Crippen LogP contribution is -2.43. The summed E-state index contributed by atoms with van der Waals surface area (Å²) in [5.74, 6) is 2.15. The minimum absolute atomic E-state index is 0.473. The monoisotopic (exact) mass is 254 g/mol. The van der Waals surface area contributed by atoms with Crippen molar-refractivity contribution < 1.29 is 0 Å². The second-order valence-electron chi connectivity index (χ2n) is 4.67. The third-order valence-corrected chi connectivity index (χ3v) is 3.86. The molecule has 0 aromatic carbocycles. The summed E-state index contributed by atoms with van der Waals surface area (Å²) >= 11 is 6.21. The van der Waals surface area contributed by atoms with E-state index in [-0.39, 0.29) is 0 Å². The topological polar surface area (TPSA) is 41.1 Å². The zero-order valence-electron chi connectivity index (χ0n) is 10.6. The van der Waals surface area contributed by atoms with Crippen molar-refractivity contribution >= 4 is 23.4 Å². The summed E-state index contributed by atoms with van der Waals surface area (Å²) < 4.78 is 0. The maximum absolute atomic E-state index is 6.21. The predicted molar refractivity (Wildman–Crippen MR) is 71.8 cm³/mol. The molecule has 0 spiro atoms. The third kappa shape index (κ3) is 2.46. The fourth-order valence-electron chi connectivity index (χ4n) is 2.31. The average Bonchev–Trinajstić information content (AvgIpc) is 2.34. The minimum atomic E-state index is 0.473. The van der Waals surface area contributed by atoms with E-state index < -0.39 is 0 Å². The van der Waals surface area contributed by atoms with Crippen molar-refractivity contribution in [2.24, 2.45) is 5.92 Å². The van der Waals surface area contributed by atoms with Crippen LogP contribution < -0.4 is 10.2 Å². The van der Waals surface area contributed by atoms with Gasteiger partial charge < -0.3 is 10.2 Å². The highest BCUT2D eigenvalue weighted by Gasteiger charge is 2.27. The van der Waals surface area contributed by atoms with Crippen molar-refractivity contribution in [2.75, 3.05) is 23.8 Å². The van der Waals surface area contributed by atoms with Crippen LogP contribution in [-0.2, 0) is 0 Å². The molecular formula is C12H19ClN4. The Hall–Kier alpha value is -1.03. The minimum Gasteiger partial charge on any atom is -0.357 e. The van der Waals surface area contributed by atoms with Crippen molar-refractivity contribution in [3.8, 4) is 0 Å². The number of nitrogens with one attached hydrogen (secondary N) is 1. The Morgan fingerprint density at radius 1 is 1.47 bits per heavy atom. The Morgan fingerprint density at radius 3 is 2.94 bits per heavy atom. The third-order valence-electron chi connectivity index (χ3n) is 3.59. The van der Waals surface area contributed by atoms with Gasteiger partial charge in [-0.3, -0.25) is 0 Å². The van der Waals surface area contributed by atoms with E-state index in [2.05, 4.69) is 34.0 Å². The second-order valence-corrected chi connectivity index (χ2v) is 5.08. The predicted octanol–water partition coefficient (Wildman–Crippen LogP) is 2.80. The first-order valence-electron chi connectivity index (χ1n) is 6.10. The summed E-state index contributed by atoms with van der Waals surface area (Å²) in [5, 5.41) is 3.58. The van der Waals surface area contributed by atoms with Gasteiger partial charge in [-0.05, 0) is 25.7 Å². The van der Waals surface area contributed by atoms with Crippen LogP contribution in [0.5, 0.6) is 0 Å². The molecule has 1 saturated heterocycles. The van der Waals surface area contributed by atoms with Crippen molar-refractivity contribution in [3.63, 3.8) is 0 Å². The molecule has 1 aromatic heterocycles. The highest BCUT2D eigenvalue weighted by atomic mass is 35.5. The smallest absolute Gasteiger partial charge is 0.224 e. The van der Waals surface area contributed by atoms with Crippen LogP contribution in [-0.4, -0.2) is 29.6 Å². The summed E-state index contributed by atoms with van der Waals surface area (Å²) in [6.45, 7) is 5.54. The average molecular weight is 255 g/mol.